The van der Waals surface area contributed by atoms with Crippen molar-refractivity contribution in [3.8, 4) is 0 Å². The predicted octanol–water partition coefficient (Wildman–Crippen LogP) is 3.23. The number of carbonyl (C=O) groups excluding carboxylic acids is 2. The number of amides is 2. The van der Waals surface area contributed by atoms with Crippen molar-refractivity contribution in [1.29, 1.82) is 0 Å². The van der Waals surface area contributed by atoms with Gasteiger partial charge in [0.05, 0.1) is 6.20 Å². The van der Waals surface area contributed by atoms with Crippen LogP contribution in [-0.2, 0) is 29.7 Å². The molecule has 2 aromatic rings. The number of ether oxygens (including phenoxy) is 2. The number of carbonyl (C=O) groups is 2. The minimum atomic E-state index is -0.588. The summed E-state index contributed by atoms with van der Waals surface area (Å²) in [4.78, 5) is 23.4. The van der Waals surface area contributed by atoms with Gasteiger partial charge in [-0.05, 0) is 36.5 Å². The van der Waals surface area contributed by atoms with Gasteiger partial charge >= 0.3 is 12.2 Å². The van der Waals surface area contributed by atoms with Gasteiger partial charge in [-0.1, -0.05) is 31.2 Å². The van der Waals surface area contributed by atoms with Gasteiger partial charge in [-0.25, -0.2) is 9.59 Å². The number of nitrogens with one attached hydrogen (secondary N) is 2. The Morgan fingerprint density at radius 3 is 2.46 bits per heavy atom. The third kappa shape index (κ3) is 8.07. The van der Waals surface area contributed by atoms with Crippen molar-refractivity contribution in [1.82, 2.24) is 20.3 Å². The molecule has 0 atom stereocenters. The van der Waals surface area contributed by atoms with Crippen LogP contribution in [0.1, 0.15) is 37.9 Å². The average Bonchev–Trinajstić information content (AvgIpc) is 3.08. The number of aryl methyl sites for hydroxylation is 1. The first-order valence-electron chi connectivity index (χ1n) is 9.21. The highest BCUT2D eigenvalue weighted by Gasteiger charge is 2.07. The zero-order valence-electron chi connectivity index (χ0n) is 16.5. The molecule has 1 aromatic carbocycles. The first-order chi connectivity index (χ1) is 13.4. The molecule has 1 heterocycles. The second-order valence-corrected chi connectivity index (χ2v) is 6.82. The number of nitrogens with zero attached hydrogens (tertiary/aromatic N) is 3. The summed E-state index contributed by atoms with van der Waals surface area (Å²) in [7, 11) is 1.73. The maximum atomic E-state index is 11.8. The van der Waals surface area contributed by atoms with Crippen molar-refractivity contribution >= 4 is 17.9 Å². The van der Waals surface area contributed by atoms with E-state index in [9.17, 15) is 9.59 Å². The summed E-state index contributed by atoms with van der Waals surface area (Å²) in [5.41, 5.74) is 1.95. The Balaban J connectivity index is 1.66. The van der Waals surface area contributed by atoms with Gasteiger partial charge in [-0.15, -0.1) is 5.10 Å². The minimum absolute atomic E-state index is 0.0396. The summed E-state index contributed by atoms with van der Waals surface area (Å²) in [5, 5.41) is 12.9. The van der Waals surface area contributed by atoms with Crippen molar-refractivity contribution in [3.05, 3.63) is 41.7 Å². The Labute approximate surface area is 164 Å². The lowest BCUT2D eigenvalue weighted by molar-refractivity contribution is 0.139. The molecule has 0 aliphatic carbocycles. The van der Waals surface area contributed by atoms with E-state index in [0.29, 0.717) is 23.8 Å². The SMILES string of the molecule is CC(C)CCCNC(=O)OCc1ccc(NC(=O)OCc2cn(C)nn2)cc1. The second kappa shape index (κ2) is 10.9. The van der Waals surface area contributed by atoms with Crippen molar-refractivity contribution < 1.29 is 19.1 Å². The van der Waals surface area contributed by atoms with Crippen molar-refractivity contribution in [2.24, 2.45) is 13.0 Å². The molecule has 2 amide bonds. The zero-order valence-corrected chi connectivity index (χ0v) is 16.5. The molecular formula is C19H27N5O4. The summed E-state index contributed by atoms with van der Waals surface area (Å²) in [5.74, 6) is 0.620. The van der Waals surface area contributed by atoms with E-state index in [1.807, 2.05) is 0 Å². The van der Waals surface area contributed by atoms with Crippen LogP contribution in [0.3, 0.4) is 0 Å². The topological polar surface area (TPSA) is 107 Å². The van der Waals surface area contributed by atoms with E-state index in [0.717, 1.165) is 18.4 Å². The van der Waals surface area contributed by atoms with Crippen LogP contribution in [0, 0.1) is 5.92 Å². The molecule has 0 fully saturated rings. The Kier molecular flexibility index (Phi) is 8.26. The average molecular weight is 389 g/mol. The van der Waals surface area contributed by atoms with Gasteiger partial charge in [0, 0.05) is 19.3 Å². The molecule has 0 bridgehead atoms. The lowest BCUT2D eigenvalue weighted by Crippen LogP contribution is -2.25. The van der Waals surface area contributed by atoms with E-state index < -0.39 is 12.2 Å². The van der Waals surface area contributed by atoms with Crippen LogP contribution in [0.25, 0.3) is 0 Å². The summed E-state index contributed by atoms with van der Waals surface area (Å²) >= 11 is 0. The molecule has 0 radical (unpaired) electrons. The Morgan fingerprint density at radius 1 is 1.11 bits per heavy atom. The lowest BCUT2D eigenvalue weighted by atomic mass is 10.1. The fourth-order valence-electron chi connectivity index (χ4n) is 2.34. The van der Waals surface area contributed by atoms with Gasteiger partial charge in [0.1, 0.15) is 18.9 Å². The molecule has 9 heteroatoms. The van der Waals surface area contributed by atoms with E-state index in [1.54, 1.807) is 37.5 Å². The predicted molar refractivity (Wildman–Crippen MR) is 104 cm³/mol. The molecule has 0 aliphatic rings. The summed E-state index contributed by atoms with van der Waals surface area (Å²) < 4.78 is 11.8. The number of anilines is 1. The maximum absolute atomic E-state index is 11.8. The van der Waals surface area contributed by atoms with Gasteiger partial charge in [-0.3, -0.25) is 10.00 Å². The van der Waals surface area contributed by atoms with Gasteiger partial charge in [0.15, 0.2) is 0 Å². The highest BCUT2D eigenvalue weighted by molar-refractivity contribution is 5.84. The standard InChI is InChI=1S/C19H27N5O4/c1-14(2)5-4-10-20-18(25)27-12-15-6-8-16(9-7-15)21-19(26)28-13-17-11-24(3)23-22-17/h6-9,11,14H,4-5,10,12-13H2,1-3H3,(H,20,25)(H,21,26). The summed E-state index contributed by atoms with van der Waals surface area (Å²) in [6, 6.07) is 6.96. The fraction of sp³-hybridized carbons (Fsp3) is 0.474. The number of rotatable bonds is 9. The van der Waals surface area contributed by atoms with Gasteiger partial charge in [0.2, 0.25) is 0 Å². The van der Waals surface area contributed by atoms with Crippen LogP contribution in [0.2, 0.25) is 0 Å². The number of aromatic nitrogens is 3. The van der Waals surface area contributed by atoms with Crippen LogP contribution in [0.4, 0.5) is 15.3 Å². The minimum Gasteiger partial charge on any atom is -0.445 e. The molecular weight excluding hydrogens is 362 g/mol. The van der Waals surface area contributed by atoms with Crippen LogP contribution in [-0.4, -0.2) is 33.7 Å². The van der Waals surface area contributed by atoms with Crippen molar-refractivity contribution in [2.75, 3.05) is 11.9 Å². The van der Waals surface area contributed by atoms with Gasteiger partial charge in [-0.2, -0.15) is 0 Å². The second-order valence-electron chi connectivity index (χ2n) is 6.82. The third-order valence-electron chi connectivity index (χ3n) is 3.80. The highest BCUT2D eigenvalue weighted by atomic mass is 16.6. The number of alkyl carbamates (subject to hydrolysis) is 1. The molecule has 0 saturated heterocycles. The van der Waals surface area contributed by atoms with E-state index in [2.05, 4.69) is 34.8 Å². The first kappa shape index (κ1) is 21.2. The Morgan fingerprint density at radius 2 is 1.82 bits per heavy atom. The quantitative estimate of drug-likeness (QED) is 0.638. The number of hydrogen-bond donors (Lipinski definition) is 2. The van der Waals surface area contributed by atoms with Crippen LogP contribution >= 0.6 is 0 Å². The summed E-state index contributed by atoms with van der Waals surface area (Å²) in [6.07, 6.45) is 2.65. The molecule has 0 unspecified atom stereocenters. The first-order valence-corrected chi connectivity index (χ1v) is 9.21. The normalized spacial score (nSPS) is 10.6. The third-order valence-corrected chi connectivity index (χ3v) is 3.80. The number of benzene rings is 1. The maximum Gasteiger partial charge on any atom is 0.412 e. The Hall–Kier alpha value is -3.10. The molecule has 152 valence electrons. The van der Waals surface area contributed by atoms with Gasteiger partial charge in [0.25, 0.3) is 0 Å². The van der Waals surface area contributed by atoms with Gasteiger partial charge < -0.3 is 14.8 Å². The summed E-state index contributed by atoms with van der Waals surface area (Å²) in [6.45, 7) is 5.10. The van der Waals surface area contributed by atoms with Crippen molar-refractivity contribution in [3.63, 3.8) is 0 Å². The molecule has 2 rings (SSSR count). The van der Waals surface area contributed by atoms with Crippen LogP contribution in [0.15, 0.2) is 30.5 Å². The van der Waals surface area contributed by atoms with Crippen LogP contribution in [0.5, 0.6) is 0 Å². The lowest BCUT2D eigenvalue weighted by Gasteiger charge is -2.09. The largest absolute Gasteiger partial charge is 0.445 e. The molecule has 0 spiro atoms. The monoisotopic (exact) mass is 389 g/mol. The molecule has 28 heavy (non-hydrogen) atoms. The molecule has 1 aromatic heterocycles. The molecule has 0 saturated carbocycles. The molecule has 0 aliphatic heterocycles. The molecule has 9 nitrogen and oxygen atoms in total. The zero-order chi connectivity index (χ0) is 20.4. The van der Waals surface area contributed by atoms with E-state index in [4.69, 9.17) is 9.47 Å². The number of hydrogen-bond acceptors (Lipinski definition) is 6. The highest BCUT2D eigenvalue weighted by Crippen LogP contribution is 2.11. The Bertz CT molecular complexity index is 758. The van der Waals surface area contributed by atoms with Crippen LogP contribution < -0.4 is 10.6 Å². The smallest absolute Gasteiger partial charge is 0.412 e. The van der Waals surface area contributed by atoms with E-state index in [1.165, 1.54) is 4.68 Å². The fourth-order valence-corrected chi connectivity index (χ4v) is 2.34. The molecule has 2 N–H and O–H groups in total. The van der Waals surface area contributed by atoms with E-state index >= 15 is 0 Å². The van der Waals surface area contributed by atoms with E-state index in [-0.39, 0.29) is 13.2 Å². The van der Waals surface area contributed by atoms with Crippen molar-refractivity contribution in [2.45, 2.75) is 39.9 Å².